The Morgan fingerprint density at radius 3 is 3.00 bits per heavy atom. The number of hydroxylamine groups is 1. The summed E-state index contributed by atoms with van der Waals surface area (Å²) in [5.74, 6) is 0. The van der Waals surface area contributed by atoms with Gasteiger partial charge >= 0.3 is 0 Å². The van der Waals surface area contributed by atoms with Gasteiger partial charge in [0, 0.05) is 23.1 Å². The minimum absolute atomic E-state index is 0.314. The van der Waals surface area contributed by atoms with Crippen molar-refractivity contribution in [3.63, 3.8) is 0 Å². The molecule has 0 bridgehead atoms. The molecule has 0 aliphatic heterocycles. The first kappa shape index (κ1) is 10.2. The number of aromatic nitrogens is 1. The Hall–Kier alpha value is -1.32. The van der Waals surface area contributed by atoms with Crippen molar-refractivity contribution in [2.24, 2.45) is 0 Å². The molecule has 0 fully saturated rings. The van der Waals surface area contributed by atoms with Gasteiger partial charge in [-0.05, 0) is 25.0 Å². The van der Waals surface area contributed by atoms with Gasteiger partial charge in [-0.2, -0.15) is 5.48 Å². The number of hydrogen-bond donors (Lipinski definition) is 2. The van der Waals surface area contributed by atoms with Crippen molar-refractivity contribution in [2.75, 3.05) is 7.11 Å². The summed E-state index contributed by atoms with van der Waals surface area (Å²) >= 11 is 0. The smallest absolute Gasteiger partial charge is 0.0572 e. The molecule has 15 heavy (non-hydrogen) atoms. The van der Waals surface area contributed by atoms with E-state index in [1.54, 1.807) is 7.11 Å². The second-order valence-corrected chi connectivity index (χ2v) is 3.79. The van der Waals surface area contributed by atoms with Crippen molar-refractivity contribution in [1.82, 2.24) is 10.5 Å². The van der Waals surface area contributed by atoms with E-state index in [-0.39, 0.29) is 0 Å². The van der Waals surface area contributed by atoms with Gasteiger partial charge in [0.05, 0.1) is 7.11 Å². The van der Waals surface area contributed by atoms with Crippen LogP contribution in [0.25, 0.3) is 10.9 Å². The molecule has 1 aromatic heterocycles. The highest BCUT2D eigenvalue weighted by molar-refractivity contribution is 5.83. The molecule has 80 valence electrons. The Morgan fingerprint density at radius 1 is 1.40 bits per heavy atom. The molecule has 2 rings (SSSR count). The van der Waals surface area contributed by atoms with Crippen LogP contribution in [0.1, 0.15) is 12.5 Å². The Morgan fingerprint density at radius 2 is 2.20 bits per heavy atom. The maximum atomic E-state index is 4.90. The summed E-state index contributed by atoms with van der Waals surface area (Å²) in [4.78, 5) is 8.17. The fraction of sp³-hybridized carbons (Fsp3) is 0.333. The molecular formula is C12H16N2O. The molecule has 1 atom stereocenters. The number of rotatable bonds is 4. The van der Waals surface area contributed by atoms with Crippen molar-refractivity contribution in [3.05, 3.63) is 36.0 Å². The quantitative estimate of drug-likeness (QED) is 0.749. The van der Waals surface area contributed by atoms with Crippen LogP contribution in [0, 0.1) is 0 Å². The van der Waals surface area contributed by atoms with Crippen molar-refractivity contribution < 1.29 is 4.84 Å². The highest BCUT2D eigenvalue weighted by atomic mass is 16.6. The largest absolute Gasteiger partial charge is 0.361 e. The number of aromatic amines is 1. The summed E-state index contributed by atoms with van der Waals surface area (Å²) in [7, 11) is 1.64. The third-order valence-electron chi connectivity index (χ3n) is 2.52. The SMILES string of the molecule is CONC(C)Cc1c[nH]c2ccccc12. The van der Waals surface area contributed by atoms with E-state index in [9.17, 15) is 0 Å². The second kappa shape index (κ2) is 4.47. The van der Waals surface area contributed by atoms with Crippen LogP contribution in [0.4, 0.5) is 0 Å². The minimum Gasteiger partial charge on any atom is -0.361 e. The Bertz CT molecular complexity index is 436. The molecule has 0 spiro atoms. The molecular weight excluding hydrogens is 188 g/mol. The van der Waals surface area contributed by atoms with Crippen LogP contribution in [0.3, 0.4) is 0 Å². The lowest BCUT2D eigenvalue weighted by atomic mass is 10.1. The molecule has 0 saturated heterocycles. The second-order valence-electron chi connectivity index (χ2n) is 3.79. The first-order valence-corrected chi connectivity index (χ1v) is 5.14. The van der Waals surface area contributed by atoms with Crippen LogP contribution >= 0.6 is 0 Å². The molecule has 3 heteroatoms. The summed E-state index contributed by atoms with van der Waals surface area (Å²) in [5.41, 5.74) is 5.45. The summed E-state index contributed by atoms with van der Waals surface area (Å²) in [6, 6.07) is 8.65. The molecule has 0 radical (unpaired) electrons. The van der Waals surface area contributed by atoms with Crippen molar-refractivity contribution in [3.8, 4) is 0 Å². The van der Waals surface area contributed by atoms with Gasteiger partial charge in [0.2, 0.25) is 0 Å². The molecule has 0 aliphatic rings. The topological polar surface area (TPSA) is 37.0 Å². The maximum Gasteiger partial charge on any atom is 0.0572 e. The van der Waals surface area contributed by atoms with Crippen LogP contribution in [-0.2, 0) is 11.3 Å². The molecule has 0 aliphatic carbocycles. The highest BCUT2D eigenvalue weighted by Gasteiger charge is 2.07. The lowest BCUT2D eigenvalue weighted by Crippen LogP contribution is -2.26. The van der Waals surface area contributed by atoms with E-state index in [2.05, 4.69) is 41.8 Å². The zero-order valence-corrected chi connectivity index (χ0v) is 9.08. The van der Waals surface area contributed by atoms with E-state index in [0.717, 1.165) is 6.42 Å². The summed E-state index contributed by atoms with van der Waals surface area (Å²) in [6.45, 7) is 2.10. The minimum atomic E-state index is 0.314. The van der Waals surface area contributed by atoms with Gasteiger partial charge in [0.25, 0.3) is 0 Å². The van der Waals surface area contributed by atoms with E-state index in [4.69, 9.17) is 4.84 Å². The molecule has 2 N–H and O–H groups in total. The normalized spacial score (nSPS) is 13.2. The molecule has 0 saturated carbocycles. The van der Waals surface area contributed by atoms with Crippen LogP contribution in [0.15, 0.2) is 30.5 Å². The third kappa shape index (κ3) is 2.19. The molecule has 0 amide bonds. The van der Waals surface area contributed by atoms with E-state index < -0.39 is 0 Å². The van der Waals surface area contributed by atoms with Gasteiger partial charge < -0.3 is 9.82 Å². The lowest BCUT2D eigenvalue weighted by Gasteiger charge is -2.10. The predicted octanol–water partition coefficient (Wildman–Crippen LogP) is 2.25. The fourth-order valence-electron chi connectivity index (χ4n) is 1.87. The lowest BCUT2D eigenvalue weighted by molar-refractivity contribution is 0.0662. The Labute approximate surface area is 89.4 Å². The number of nitrogens with one attached hydrogen (secondary N) is 2. The molecule has 1 aromatic carbocycles. The standard InChI is InChI=1S/C12H16N2O/c1-9(14-15-2)7-10-8-13-12-6-4-3-5-11(10)12/h3-6,8-9,13-14H,7H2,1-2H3. The summed E-state index contributed by atoms with van der Waals surface area (Å²) in [5, 5.41) is 1.29. The predicted molar refractivity (Wildman–Crippen MR) is 61.6 cm³/mol. The number of fused-ring (bicyclic) bond motifs is 1. The Balaban J connectivity index is 2.21. The zero-order valence-electron chi connectivity index (χ0n) is 9.08. The maximum absolute atomic E-state index is 4.90. The zero-order chi connectivity index (χ0) is 10.7. The average molecular weight is 204 g/mol. The average Bonchev–Trinajstić information content (AvgIpc) is 2.62. The molecule has 2 aromatic rings. The molecule has 1 heterocycles. The number of hydrogen-bond acceptors (Lipinski definition) is 2. The van der Waals surface area contributed by atoms with Crippen LogP contribution in [0.2, 0.25) is 0 Å². The highest BCUT2D eigenvalue weighted by Crippen LogP contribution is 2.18. The van der Waals surface area contributed by atoms with E-state index in [1.165, 1.54) is 16.5 Å². The number of benzene rings is 1. The van der Waals surface area contributed by atoms with Crippen LogP contribution in [-0.4, -0.2) is 18.1 Å². The first-order valence-electron chi connectivity index (χ1n) is 5.14. The molecule has 3 nitrogen and oxygen atoms in total. The number of H-pyrrole nitrogens is 1. The molecule has 1 unspecified atom stereocenters. The summed E-state index contributed by atoms with van der Waals surface area (Å²) in [6.07, 6.45) is 3.02. The fourth-order valence-corrected chi connectivity index (χ4v) is 1.87. The van der Waals surface area contributed by atoms with E-state index in [1.807, 2.05) is 6.07 Å². The van der Waals surface area contributed by atoms with Crippen LogP contribution in [0.5, 0.6) is 0 Å². The van der Waals surface area contributed by atoms with Gasteiger partial charge in [0.1, 0.15) is 0 Å². The van der Waals surface area contributed by atoms with Gasteiger partial charge in [0.15, 0.2) is 0 Å². The first-order chi connectivity index (χ1) is 7.31. The van der Waals surface area contributed by atoms with Crippen molar-refractivity contribution >= 4 is 10.9 Å². The van der Waals surface area contributed by atoms with E-state index >= 15 is 0 Å². The van der Waals surface area contributed by atoms with Gasteiger partial charge in [-0.25, -0.2) is 0 Å². The number of para-hydroxylation sites is 1. The summed E-state index contributed by atoms with van der Waals surface area (Å²) < 4.78 is 0. The van der Waals surface area contributed by atoms with Gasteiger partial charge in [-0.15, -0.1) is 0 Å². The van der Waals surface area contributed by atoms with Gasteiger partial charge in [-0.3, -0.25) is 0 Å². The van der Waals surface area contributed by atoms with Crippen molar-refractivity contribution in [2.45, 2.75) is 19.4 Å². The Kier molecular flexibility index (Phi) is 3.04. The monoisotopic (exact) mass is 204 g/mol. The van der Waals surface area contributed by atoms with Crippen molar-refractivity contribution in [1.29, 1.82) is 0 Å². The third-order valence-corrected chi connectivity index (χ3v) is 2.52. The van der Waals surface area contributed by atoms with E-state index in [0.29, 0.717) is 6.04 Å². The van der Waals surface area contributed by atoms with Gasteiger partial charge in [-0.1, -0.05) is 18.2 Å². The van der Waals surface area contributed by atoms with Crippen LogP contribution < -0.4 is 5.48 Å².